The van der Waals surface area contributed by atoms with Crippen molar-refractivity contribution in [1.29, 1.82) is 0 Å². The van der Waals surface area contributed by atoms with Gasteiger partial charge in [-0.3, -0.25) is 9.59 Å². The maximum absolute atomic E-state index is 12.2. The molecule has 1 heterocycles. The molecule has 7 nitrogen and oxygen atoms in total. The minimum Gasteiger partial charge on any atom is -0.364 e. The van der Waals surface area contributed by atoms with E-state index >= 15 is 0 Å². The summed E-state index contributed by atoms with van der Waals surface area (Å²) in [4.78, 5) is 24.2. The van der Waals surface area contributed by atoms with Crippen LogP contribution in [0.5, 0.6) is 0 Å². The molecule has 3 aromatic rings. The number of ether oxygens (including phenoxy) is 1. The maximum Gasteiger partial charge on any atom is 0.286 e. The Hall–Kier alpha value is -2.81. The van der Waals surface area contributed by atoms with Crippen molar-refractivity contribution in [3.8, 4) is 0 Å². The van der Waals surface area contributed by atoms with Gasteiger partial charge in [-0.25, -0.2) is 0 Å². The number of carbonyl (C=O) groups is 2. The summed E-state index contributed by atoms with van der Waals surface area (Å²) in [6, 6.07) is 16.4. The highest BCUT2D eigenvalue weighted by Gasteiger charge is 2.14. The fourth-order valence-electron chi connectivity index (χ4n) is 2.49. The van der Waals surface area contributed by atoms with Crippen molar-refractivity contribution in [3.63, 3.8) is 0 Å². The van der Waals surface area contributed by atoms with Gasteiger partial charge in [0.2, 0.25) is 10.9 Å². The van der Waals surface area contributed by atoms with Crippen LogP contribution in [-0.4, -0.2) is 28.6 Å². The van der Waals surface area contributed by atoms with E-state index in [0.29, 0.717) is 15.7 Å². The number of hydrogen-bond donors (Lipinski definition) is 2. The number of rotatable bonds is 8. The number of anilines is 1. The highest BCUT2D eigenvalue weighted by molar-refractivity contribution is 7.13. The van der Waals surface area contributed by atoms with Gasteiger partial charge in [0.15, 0.2) is 0 Å². The number of amides is 2. The van der Waals surface area contributed by atoms with Gasteiger partial charge in [-0.2, -0.15) is 0 Å². The number of halogens is 1. The highest BCUT2D eigenvalue weighted by Crippen LogP contribution is 2.17. The van der Waals surface area contributed by atoms with E-state index in [4.69, 9.17) is 16.3 Å². The molecule has 9 heteroatoms. The molecule has 2 amide bonds. The van der Waals surface area contributed by atoms with Gasteiger partial charge in [0.05, 0.1) is 6.04 Å². The average molecular weight is 431 g/mol. The van der Waals surface area contributed by atoms with Crippen molar-refractivity contribution < 1.29 is 14.3 Å². The fraction of sp³-hybridized carbons (Fsp3) is 0.200. The minimum atomic E-state index is -0.384. The Bertz CT molecular complexity index is 981. The topological polar surface area (TPSA) is 93.2 Å². The van der Waals surface area contributed by atoms with Gasteiger partial charge < -0.3 is 15.4 Å². The van der Waals surface area contributed by atoms with E-state index in [1.165, 1.54) is 0 Å². The normalized spacial score (nSPS) is 11.7. The van der Waals surface area contributed by atoms with Crippen LogP contribution in [0, 0.1) is 0 Å². The van der Waals surface area contributed by atoms with Crippen LogP contribution in [0.25, 0.3) is 0 Å². The van der Waals surface area contributed by atoms with Crippen LogP contribution < -0.4 is 10.6 Å². The van der Waals surface area contributed by atoms with Gasteiger partial charge in [-0.1, -0.05) is 59.3 Å². The van der Waals surface area contributed by atoms with Crippen molar-refractivity contribution in [2.24, 2.45) is 0 Å². The van der Waals surface area contributed by atoms with Crippen molar-refractivity contribution >= 4 is 40.4 Å². The molecule has 2 aromatic carbocycles. The molecule has 0 saturated heterocycles. The van der Waals surface area contributed by atoms with Gasteiger partial charge in [-0.15, -0.1) is 10.2 Å². The van der Waals surface area contributed by atoms with Crippen LogP contribution in [0.1, 0.15) is 33.3 Å². The van der Waals surface area contributed by atoms with Gasteiger partial charge in [-0.05, 0) is 30.7 Å². The Labute approximate surface area is 177 Å². The van der Waals surface area contributed by atoms with E-state index in [9.17, 15) is 9.59 Å². The molecule has 0 aliphatic rings. The molecule has 29 heavy (non-hydrogen) atoms. The van der Waals surface area contributed by atoms with Gasteiger partial charge in [0.1, 0.15) is 18.2 Å². The summed E-state index contributed by atoms with van der Waals surface area (Å²) in [7, 11) is 0. The second kappa shape index (κ2) is 10.1. The first-order valence-corrected chi connectivity index (χ1v) is 10.0. The molecule has 1 atom stereocenters. The smallest absolute Gasteiger partial charge is 0.286 e. The van der Waals surface area contributed by atoms with Crippen molar-refractivity contribution in [2.75, 3.05) is 11.9 Å². The van der Waals surface area contributed by atoms with Crippen molar-refractivity contribution in [1.82, 2.24) is 15.5 Å². The second-order valence-electron chi connectivity index (χ2n) is 6.16. The van der Waals surface area contributed by atoms with Gasteiger partial charge >= 0.3 is 0 Å². The third-order valence-electron chi connectivity index (χ3n) is 3.88. The van der Waals surface area contributed by atoms with Crippen LogP contribution >= 0.6 is 22.9 Å². The largest absolute Gasteiger partial charge is 0.364 e. The lowest BCUT2D eigenvalue weighted by Crippen LogP contribution is -2.30. The van der Waals surface area contributed by atoms with Crippen LogP contribution in [0.4, 0.5) is 5.69 Å². The zero-order chi connectivity index (χ0) is 20.6. The molecular weight excluding hydrogens is 412 g/mol. The molecular formula is C20H19ClN4O3S. The van der Waals surface area contributed by atoms with E-state index in [1.807, 2.05) is 37.3 Å². The van der Waals surface area contributed by atoms with Crippen LogP contribution in [0.15, 0.2) is 54.6 Å². The maximum atomic E-state index is 12.2. The zero-order valence-corrected chi connectivity index (χ0v) is 17.2. The van der Waals surface area contributed by atoms with E-state index in [0.717, 1.165) is 16.9 Å². The molecule has 0 saturated carbocycles. The second-order valence-corrected chi connectivity index (χ2v) is 7.66. The van der Waals surface area contributed by atoms with Crippen molar-refractivity contribution in [3.05, 3.63) is 75.2 Å². The number of hydrogen-bond acceptors (Lipinski definition) is 6. The Morgan fingerprint density at radius 1 is 1.14 bits per heavy atom. The van der Waals surface area contributed by atoms with Crippen molar-refractivity contribution in [2.45, 2.75) is 19.6 Å². The predicted molar refractivity (Wildman–Crippen MR) is 112 cm³/mol. The SMILES string of the molecule is C[C@H](NC(=O)COCc1nnc(C(=O)Nc2cccc(Cl)c2)s1)c1ccccc1. The molecule has 150 valence electrons. The quantitative estimate of drug-likeness (QED) is 0.566. The van der Waals surface area contributed by atoms with E-state index in [-0.39, 0.29) is 36.1 Å². The molecule has 3 rings (SSSR count). The van der Waals surface area contributed by atoms with Crippen LogP contribution in [0.2, 0.25) is 5.02 Å². The summed E-state index contributed by atoms with van der Waals surface area (Å²) in [5, 5.41) is 14.6. The molecule has 1 aromatic heterocycles. The number of benzene rings is 2. The average Bonchev–Trinajstić information content (AvgIpc) is 3.18. The summed E-state index contributed by atoms with van der Waals surface area (Å²) in [5.41, 5.74) is 1.58. The molecule has 0 radical (unpaired) electrons. The number of aromatic nitrogens is 2. The summed E-state index contributed by atoms with van der Waals surface area (Å²) in [6.45, 7) is 1.89. The lowest BCUT2D eigenvalue weighted by Gasteiger charge is -2.14. The molecule has 0 bridgehead atoms. The van der Waals surface area contributed by atoms with Crippen LogP contribution in [0.3, 0.4) is 0 Å². The van der Waals surface area contributed by atoms with Gasteiger partial charge in [0, 0.05) is 10.7 Å². The molecule has 0 unspecified atom stereocenters. The fourth-order valence-corrected chi connectivity index (χ4v) is 3.36. The van der Waals surface area contributed by atoms with Gasteiger partial charge in [0.25, 0.3) is 5.91 Å². The molecule has 0 fully saturated rings. The summed E-state index contributed by atoms with van der Waals surface area (Å²) in [5.74, 6) is -0.616. The van der Waals surface area contributed by atoms with E-state index < -0.39 is 0 Å². The Balaban J connectivity index is 1.44. The Morgan fingerprint density at radius 2 is 1.93 bits per heavy atom. The first kappa shape index (κ1) is 20.9. The minimum absolute atomic E-state index is 0.0925. The first-order valence-electron chi connectivity index (χ1n) is 8.82. The Kier molecular flexibility index (Phi) is 7.29. The summed E-state index contributed by atoms with van der Waals surface area (Å²) < 4.78 is 5.39. The number of nitrogens with zero attached hydrogens (tertiary/aromatic N) is 2. The standard InChI is InChI=1S/C20H19ClN4O3S/c1-13(14-6-3-2-4-7-14)22-17(26)11-28-12-18-24-25-20(29-18)19(27)23-16-9-5-8-15(21)10-16/h2-10,13H,11-12H2,1H3,(H,22,26)(H,23,27)/t13-/m0/s1. The van der Waals surface area contributed by atoms with Crippen LogP contribution in [-0.2, 0) is 16.1 Å². The lowest BCUT2D eigenvalue weighted by atomic mass is 10.1. The predicted octanol–water partition coefficient (Wildman–Crippen LogP) is 3.84. The summed E-state index contributed by atoms with van der Waals surface area (Å²) in [6.07, 6.45) is 0. The number of nitrogens with one attached hydrogen (secondary N) is 2. The molecule has 0 aliphatic carbocycles. The molecule has 0 aliphatic heterocycles. The highest BCUT2D eigenvalue weighted by atomic mass is 35.5. The molecule has 2 N–H and O–H groups in total. The monoisotopic (exact) mass is 430 g/mol. The number of carbonyl (C=O) groups excluding carboxylic acids is 2. The third-order valence-corrected chi connectivity index (χ3v) is 5.01. The lowest BCUT2D eigenvalue weighted by molar-refractivity contribution is -0.126. The zero-order valence-electron chi connectivity index (χ0n) is 15.6. The molecule has 0 spiro atoms. The van der Waals surface area contributed by atoms with E-state index in [1.54, 1.807) is 24.3 Å². The third kappa shape index (κ3) is 6.35. The Morgan fingerprint density at radius 3 is 2.69 bits per heavy atom. The summed E-state index contributed by atoms with van der Waals surface area (Å²) >= 11 is 7.00. The first-order chi connectivity index (χ1) is 14.0. The van der Waals surface area contributed by atoms with E-state index in [2.05, 4.69) is 20.8 Å².